The van der Waals surface area contributed by atoms with Crippen LogP contribution in [0, 0.1) is 5.82 Å². The van der Waals surface area contributed by atoms with Gasteiger partial charge in [-0.15, -0.1) is 11.8 Å². The molecule has 1 aromatic heterocycles. The minimum Gasteiger partial charge on any atom is -0.339 e. The van der Waals surface area contributed by atoms with E-state index in [1.54, 1.807) is 12.1 Å². The molecule has 0 unspecified atom stereocenters. The van der Waals surface area contributed by atoms with E-state index >= 15 is 0 Å². The smallest absolute Gasteiger partial charge is 0.234 e. The van der Waals surface area contributed by atoms with E-state index in [1.165, 1.54) is 17.8 Å². The van der Waals surface area contributed by atoms with Crippen LogP contribution in [0.4, 0.5) is 4.39 Å². The first-order chi connectivity index (χ1) is 10.2. The maximum Gasteiger partial charge on any atom is 0.234 e. The fraction of sp³-hybridized carbons (Fsp3) is 0.467. The first-order valence-corrected chi connectivity index (χ1v) is 8.12. The van der Waals surface area contributed by atoms with Crippen LogP contribution in [0.2, 0.25) is 0 Å². The highest BCUT2D eigenvalue weighted by Gasteiger charge is 2.39. The van der Waals surface area contributed by atoms with E-state index in [1.807, 2.05) is 6.07 Å². The average molecular weight is 307 g/mol. The number of benzene rings is 1. The Morgan fingerprint density at radius 2 is 2.05 bits per heavy atom. The van der Waals surface area contributed by atoms with Gasteiger partial charge in [0.15, 0.2) is 5.82 Å². The van der Waals surface area contributed by atoms with Gasteiger partial charge in [0, 0.05) is 11.4 Å². The number of hydrogen-bond acceptors (Lipinski definition) is 5. The van der Waals surface area contributed by atoms with Gasteiger partial charge in [0.1, 0.15) is 5.82 Å². The van der Waals surface area contributed by atoms with Gasteiger partial charge in [-0.1, -0.05) is 30.1 Å². The molecular formula is C15H18FN3OS. The summed E-state index contributed by atoms with van der Waals surface area (Å²) in [5.41, 5.74) is 5.77. The van der Waals surface area contributed by atoms with Crippen molar-refractivity contribution in [3.63, 3.8) is 0 Å². The van der Waals surface area contributed by atoms with Crippen molar-refractivity contribution in [1.82, 2.24) is 10.1 Å². The molecule has 0 spiro atoms. The highest BCUT2D eigenvalue weighted by atomic mass is 32.2. The highest BCUT2D eigenvalue weighted by molar-refractivity contribution is 7.98. The largest absolute Gasteiger partial charge is 0.339 e. The summed E-state index contributed by atoms with van der Waals surface area (Å²) >= 11 is 1.37. The molecule has 0 atom stereocenters. The van der Waals surface area contributed by atoms with Gasteiger partial charge in [0.2, 0.25) is 5.89 Å². The van der Waals surface area contributed by atoms with Crippen LogP contribution in [0.1, 0.15) is 37.4 Å². The van der Waals surface area contributed by atoms with Crippen molar-refractivity contribution in [3.05, 3.63) is 41.8 Å². The Labute approximate surface area is 127 Å². The lowest BCUT2D eigenvalue weighted by molar-refractivity contribution is 0.283. The predicted octanol–water partition coefficient (Wildman–Crippen LogP) is 3.27. The van der Waals surface area contributed by atoms with Crippen molar-refractivity contribution in [2.24, 2.45) is 5.73 Å². The van der Waals surface area contributed by atoms with E-state index in [0.717, 1.165) is 25.7 Å². The third kappa shape index (κ3) is 2.96. The molecule has 0 radical (unpaired) electrons. The van der Waals surface area contributed by atoms with Gasteiger partial charge in [-0.3, -0.25) is 0 Å². The van der Waals surface area contributed by atoms with Gasteiger partial charge in [-0.2, -0.15) is 4.98 Å². The maximum atomic E-state index is 13.6. The number of nitrogens with two attached hydrogens (primary N) is 1. The third-order valence-electron chi connectivity index (χ3n) is 4.07. The number of hydrogen-bond donors (Lipinski definition) is 1. The Hall–Kier alpha value is -1.40. The van der Waals surface area contributed by atoms with Crippen molar-refractivity contribution in [1.29, 1.82) is 0 Å². The van der Waals surface area contributed by atoms with Gasteiger partial charge in [-0.25, -0.2) is 4.39 Å². The predicted molar refractivity (Wildman–Crippen MR) is 79.5 cm³/mol. The maximum absolute atomic E-state index is 13.6. The van der Waals surface area contributed by atoms with Crippen LogP contribution in [-0.4, -0.2) is 16.7 Å². The fourth-order valence-corrected chi connectivity index (χ4v) is 3.57. The Balaban J connectivity index is 1.69. The second-order valence-electron chi connectivity index (χ2n) is 5.43. The standard InChI is InChI=1S/C15H18FN3OS/c16-11-5-1-2-6-12(11)21-9-13-18-14(20-19-13)15(10-17)7-3-4-8-15/h1-2,5-6H,3-4,7-10,17H2. The van der Waals surface area contributed by atoms with Gasteiger partial charge in [0.05, 0.1) is 11.2 Å². The molecule has 2 aromatic rings. The molecule has 1 aliphatic rings. The summed E-state index contributed by atoms with van der Waals surface area (Å²) in [4.78, 5) is 5.07. The summed E-state index contributed by atoms with van der Waals surface area (Å²) in [6, 6.07) is 6.69. The first-order valence-electron chi connectivity index (χ1n) is 7.14. The molecule has 0 bridgehead atoms. The van der Waals surface area contributed by atoms with Crippen LogP contribution < -0.4 is 5.73 Å². The van der Waals surface area contributed by atoms with Crippen molar-refractivity contribution < 1.29 is 8.91 Å². The van der Waals surface area contributed by atoms with Crippen molar-refractivity contribution in [3.8, 4) is 0 Å². The van der Waals surface area contributed by atoms with Crippen molar-refractivity contribution in [2.45, 2.75) is 41.7 Å². The topological polar surface area (TPSA) is 64.9 Å². The summed E-state index contributed by atoms with van der Waals surface area (Å²) in [5.74, 6) is 1.51. The Morgan fingerprint density at radius 3 is 2.76 bits per heavy atom. The zero-order valence-corrected chi connectivity index (χ0v) is 12.5. The normalized spacial score (nSPS) is 17.2. The second kappa shape index (κ2) is 6.15. The van der Waals surface area contributed by atoms with Crippen LogP contribution in [0.5, 0.6) is 0 Å². The third-order valence-corrected chi connectivity index (χ3v) is 5.11. The lowest BCUT2D eigenvalue weighted by Crippen LogP contribution is -2.32. The lowest BCUT2D eigenvalue weighted by Gasteiger charge is -2.21. The molecule has 3 rings (SSSR count). The Bertz CT molecular complexity index is 610. The summed E-state index contributed by atoms with van der Waals surface area (Å²) in [6.07, 6.45) is 4.31. The Morgan fingerprint density at radius 1 is 1.29 bits per heavy atom. The molecule has 21 heavy (non-hydrogen) atoms. The van der Waals surface area contributed by atoms with Crippen LogP contribution in [0.15, 0.2) is 33.7 Å². The number of thioether (sulfide) groups is 1. The minimum absolute atomic E-state index is 0.145. The summed E-state index contributed by atoms with van der Waals surface area (Å²) < 4.78 is 19.0. The van der Waals surface area contributed by atoms with Crippen LogP contribution in [0.3, 0.4) is 0 Å². The monoisotopic (exact) mass is 307 g/mol. The van der Waals surface area contributed by atoms with Gasteiger partial charge >= 0.3 is 0 Å². The number of aromatic nitrogens is 2. The fourth-order valence-electron chi connectivity index (χ4n) is 2.79. The molecule has 1 aromatic carbocycles. The van der Waals surface area contributed by atoms with Gasteiger partial charge in [0.25, 0.3) is 0 Å². The Kier molecular flexibility index (Phi) is 4.26. The summed E-state index contributed by atoms with van der Waals surface area (Å²) in [7, 11) is 0. The van der Waals surface area contributed by atoms with Crippen molar-refractivity contribution >= 4 is 11.8 Å². The molecule has 1 heterocycles. The van der Waals surface area contributed by atoms with Crippen LogP contribution in [-0.2, 0) is 11.2 Å². The molecule has 0 amide bonds. The molecule has 4 nitrogen and oxygen atoms in total. The van der Waals surface area contributed by atoms with Crippen molar-refractivity contribution in [2.75, 3.05) is 6.54 Å². The summed E-state index contributed by atoms with van der Waals surface area (Å²) in [5, 5.41) is 4.01. The molecule has 6 heteroatoms. The lowest BCUT2D eigenvalue weighted by atomic mass is 9.86. The number of halogens is 1. The molecule has 112 valence electrons. The average Bonchev–Trinajstić information content (AvgIpc) is 3.16. The van der Waals surface area contributed by atoms with Crippen LogP contribution in [0.25, 0.3) is 0 Å². The van der Waals surface area contributed by atoms with Gasteiger partial charge < -0.3 is 10.3 Å². The quantitative estimate of drug-likeness (QED) is 0.859. The number of nitrogens with zero attached hydrogens (tertiary/aromatic N) is 2. The summed E-state index contributed by atoms with van der Waals surface area (Å²) in [6.45, 7) is 0.537. The second-order valence-corrected chi connectivity index (χ2v) is 6.44. The molecule has 2 N–H and O–H groups in total. The van der Waals surface area contributed by atoms with E-state index in [-0.39, 0.29) is 11.2 Å². The minimum atomic E-state index is -0.222. The molecule has 0 aliphatic heterocycles. The SMILES string of the molecule is NCC1(c2nc(CSc3ccccc3F)no2)CCCC1. The molecule has 1 aliphatic carbocycles. The molecule has 1 fully saturated rings. The molecular weight excluding hydrogens is 289 g/mol. The first kappa shape index (κ1) is 14.5. The van der Waals surface area contributed by atoms with E-state index in [4.69, 9.17) is 10.3 Å². The van der Waals surface area contributed by atoms with E-state index in [2.05, 4.69) is 10.1 Å². The van der Waals surface area contributed by atoms with Gasteiger partial charge in [-0.05, 0) is 25.0 Å². The van der Waals surface area contributed by atoms with Crippen LogP contribution >= 0.6 is 11.8 Å². The van der Waals surface area contributed by atoms with E-state index in [0.29, 0.717) is 28.9 Å². The van der Waals surface area contributed by atoms with E-state index in [9.17, 15) is 4.39 Å². The highest BCUT2D eigenvalue weighted by Crippen LogP contribution is 2.39. The number of rotatable bonds is 5. The zero-order valence-electron chi connectivity index (χ0n) is 11.7. The zero-order chi connectivity index (χ0) is 14.7. The molecule has 0 saturated heterocycles. The van der Waals surface area contributed by atoms with E-state index < -0.39 is 0 Å². The molecule has 1 saturated carbocycles.